The highest BCUT2D eigenvalue weighted by Crippen LogP contribution is 2.66. The third-order valence-electron chi connectivity index (χ3n) is 10.9. The average Bonchev–Trinajstić information content (AvgIpc) is 3.17. The summed E-state index contributed by atoms with van der Waals surface area (Å²) in [5.41, 5.74) is 8.46. The van der Waals surface area contributed by atoms with E-state index in [1.165, 1.54) is 31.3 Å². The van der Waals surface area contributed by atoms with E-state index in [4.69, 9.17) is 15.2 Å². The van der Waals surface area contributed by atoms with Crippen LogP contribution < -0.4 is 5.73 Å². The third-order valence-corrected chi connectivity index (χ3v) is 10.9. The van der Waals surface area contributed by atoms with Gasteiger partial charge in [-0.05, 0) is 92.8 Å². The molecular formula is C27H45NO6. The lowest BCUT2D eigenvalue weighted by atomic mass is 9.47. The smallest absolute Gasteiger partial charge is 0.186 e. The van der Waals surface area contributed by atoms with Gasteiger partial charge in [-0.15, -0.1) is 0 Å². The van der Waals surface area contributed by atoms with Gasteiger partial charge in [0.1, 0.15) is 24.4 Å². The van der Waals surface area contributed by atoms with Crippen LogP contribution in [0.5, 0.6) is 0 Å². The van der Waals surface area contributed by atoms with Crippen LogP contribution in [-0.2, 0) is 9.47 Å². The van der Waals surface area contributed by atoms with Crippen LogP contribution in [0.3, 0.4) is 0 Å². The summed E-state index contributed by atoms with van der Waals surface area (Å²) in [6.45, 7) is 6.73. The molecule has 7 heteroatoms. The highest BCUT2D eigenvalue weighted by atomic mass is 16.7. The number of fused-ring (bicyclic) bond motifs is 5. The second kappa shape index (κ2) is 9.09. The van der Waals surface area contributed by atoms with E-state index in [1.54, 1.807) is 0 Å². The standard InChI is InChI=1S/C27H45NO6/c1-14(28)18-6-7-19-17-5-4-15-12-16(8-10-26(15,2)20(17)9-11-27(18,19)3)33-25-24(32)23(31)22(30)21(13-29)34-25/h4,14,16-25,29-32H,5-13,28H2,1-3H3/t14-,16-,17+,18+,19+,20+,21+,22+,23-,24+,25+,26-,27+/m0/s1. The molecular weight excluding hydrogens is 434 g/mol. The van der Waals surface area contributed by atoms with E-state index in [1.807, 2.05) is 0 Å². The van der Waals surface area contributed by atoms with Crippen LogP contribution >= 0.6 is 0 Å². The Morgan fingerprint density at radius 2 is 1.82 bits per heavy atom. The van der Waals surface area contributed by atoms with Gasteiger partial charge in [-0.1, -0.05) is 25.5 Å². The van der Waals surface area contributed by atoms with Gasteiger partial charge in [-0.3, -0.25) is 0 Å². The van der Waals surface area contributed by atoms with Crippen molar-refractivity contribution in [2.75, 3.05) is 6.61 Å². The lowest BCUT2D eigenvalue weighted by Gasteiger charge is -2.58. The van der Waals surface area contributed by atoms with Gasteiger partial charge >= 0.3 is 0 Å². The fraction of sp³-hybridized carbons (Fsp3) is 0.926. The summed E-state index contributed by atoms with van der Waals surface area (Å²) < 4.78 is 11.7. The Labute approximate surface area is 203 Å². The van der Waals surface area contributed by atoms with Crippen molar-refractivity contribution in [3.63, 3.8) is 0 Å². The summed E-state index contributed by atoms with van der Waals surface area (Å²) in [6, 6.07) is 0.270. The van der Waals surface area contributed by atoms with E-state index >= 15 is 0 Å². The number of nitrogens with two attached hydrogens (primary N) is 1. The predicted octanol–water partition coefficient (Wildman–Crippen LogP) is 2.10. The van der Waals surface area contributed by atoms with Gasteiger partial charge in [0.05, 0.1) is 12.7 Å². The normalized spacial score (nSPS) is 53.9. The predicted molar refractivity (Wildman–Crippen MR) is 127 cm³/mol. The highest BCUT2D eigenvalue weighted by Gasteiger charge is 2.59. The Morgan fingerprint density at radius 3 is 2.53 bits per heavy atom. The van der Waals surface area contributed by atoms with Gasteiger partial charge in [0, 0.05) is 6.04 Å². The Kier molecular flexibility index (Phi) is 6.71. The van der Waals surface area contributed by atoms with Crippen molar-refractivity contribution in [1.29, 1.82) is 0 Å². The van der Waals surface area contributed by atoms with E-state index in [-0.39, 0.29) is 17.6 Å². The lowest BCUT2D eigenvalue weighted by Crippen LogP contribution is -2.60. The molecule has 13 atom stereocenters. The second-order valence-electron chi connectivity index (χ2n) is 12.5. The van der Waals surface area contributed by atoms with Crippen LogP contribution in [-0.4, -0.2) is 69.9 Å². The molecule has 0 bridgehead atoms. The molecule has 6 N–H and O–H groups in total. The summed E-state index contributed by atoms with van der Waals surface area (Å²) in [5, 5.41) is 40.0. The summed E-state index contributed by atoms with van der Waals surface area (Å²) in [7, 11) is 0. The van der Waals surface area contributed by atoms with Crippen molar-refractivity contribution < 1.29 is 29.9 Å². The fourth-order valence-corrected chi connectivity index (χ4v) is 9.02. The van der Waals surface area contributed by atoms with E-state index in [0.717, 1.165) is 37.5 Å². The third kappa shape index (κ3) is 3.82. The number of hydrogen-bond donors (Lipinski definition) is 5. The number of rotatable bonds is 4. The van der Waals surface area contributed by atoms with E-state index in [9.17, 15) is 20.4 Å². The highest BCUT2D eigenvalue weighted by molar-refractivity contribution is 5.25. The van der Waals surface area contributed by atoms with Gasteiger partial charge in [-0.25, -0.2) is 0 Å². The van der Waals surface area contributed by atoms with Crippen molar-refractivity contribution in [2.45, 2.75) is 115 Å². The first-order valence-electron chi connectivity index (χ1n) is 13.5. The first-order chi connectivity index (χ1) is 16.1. The summed E-state index contributed by atoms with van der Waals surface area (Å²) in [6.07, 6.45) is 5.26. The van der Waals surface area contributed by atoms with Crippen molar-refractivity contribution >= 4 is 0 Å². The van der Waals surface area contributed by atoms with Crippen molar-refractivity contribution in [3.05, 3.63) is 11.6 Å². The molecule has 5 aliphatic rings. The van der Waals surface area contributed by atoms with Crippen LogP contribution in [0, 0.1) is 34.5 Å². The molecule has 0 amide bonds. The Hall–Kier alpha value is -0.540. The van der Waals surface area contributed by atoms with Crippen molar-refractivity contribution in [3.8, 4) is 0 Å². The fourth-order valence-electron chi connectivity index (χ4n) is 9.02. The first kappa shape index (κ1) is 25.1. The number of aliphatic hydroxyl groups excluding tert-OH is 4. The average molecular weight is 480 g/mol. The molecule has 194 valence electrons. The van der Waals surface area contributed by atoms with Crippen molar-refractivity contribution in [1.82, 2.24) is 0 Å². The zero-order valence-electron chi connectivity index (χ0n) is 21.0. The number of aliphatic hydroxyl groups is 4. The minimum atomic E-state index is -1.40. The molecule has 4 aliphatic carbocycles. The molecule has 0 radical (unpaired) electrons. The molecule has 7 nitrogen and oxygen atoms in total. The zero-order chi connectivity index (χ0) is 24.4. The molecule has 0 unspecified atom stereocenters. The minimum absolute atomic E-state index is 0.111. The molecule has 0 aromatic rings. The number of ether oxygens (including phenoxy) is 2. The van der Waals surface area contributed by atoms with Gasteiger partial charge in [0.2, 0.25) is 0 Å². The molecule has 34 heavy (non-hydrogen) atoms. The Morgan fingerprint density at radius 1 is 1.06 bits per heavy atom. The molecule has 1 heterocycles. The molecule has 3 saturated carbocycles. The topological polar surface area (TPSA) is 125 Å². The summed E-state index contributed by atoms with van der Waals surface area (Å²) in [4.78, 5) is 0. The van der Waals surface area contributed by atoms with Gasteiger partial charge < -0.3 is 35.6 Å². The zero-order valence-corrected chi connectivity index (χ0v) is 21.0. The quantitative estimate of drug-likeness (QED) is 0.391. The van der Waals surface area contributed by atoms with E-state index < -0.39 is 37.3 Å². The SMILES string of the molecule is C[C@H](N)[C@H]1CC[C@@H]2[C@H]3CC=C4C[C@@H](O[C@@H]5O[C@H](CO)[C@@H](O)[C@H](O)[C@H]5O)CC[C@]4(C)[C@@H]3CC[C@@]21C. The lowest BCUT2D eigenvalue weighted by molar-refractivity contribution is -0.313. The maximum Gasteiger partial charge on any atom is 0.186 e. The first-order valence-corrected chi connectivity index (χ1v) is 13.5. The molecule has 4 fully saturated rings. The van der Waals surface area contributed by atoms with Crippen molar-refractivity contribution in [2.24, 2.45) is 40.2 Å². The summed E-state index contributed by atoms with van der Waals surface area (Å²) in [5.74, 6) is 2.84. The van der Waals surface area contributed by atoms with Crippen LogP contribution in [0.15, 0.2) is 11.6 Å². The molecule has 1 aliphatic heterocycles. The maximum absolute atomic E-state index is 10.4. The van der Waals surface area contributed by atoms with E-state index in [0.29, 0.717) is 17.3 Å². The van der Waals surface area contributed by atoms with Gasteiger partial charge in [0.15, 0.2) is 6.29 Å². The van der Waals surface area contributed by atoms with E-state index in [2.05, 4.69) is 26.8 Å². The second-order valence-corrected chi connectivity index (χ2v) is 12.5. The van der Waals surface area contributed by atoms with Gasteiger partial charge in [-0.2, -0.15) is 0 Å². The molecule has 1 saturated heterocycles. The van der Waals surface area contributed by atoms with Gasteiger partial charge in [0.25, 0.3) is 0 Å². The minimum Gasteiger partial charge on any atom is -0.394 e. The Bertz CT molecular complexity index is 787. The molecule has 0 spiro atoms. The maximum atomic E-state index is 10.4. The number of hydrogen-bond acceptors (Lipinski definition) is 7. The number of allylic oxidation sites excluding steroid dienone is 1. The Balaban J connectivity index is 1.29. The molecule has 0 aromatic carbocycles. The van der Waals surface area contributed by atoms with Crippen LogP contribution in [0.1, 0.15) is 72.1 Å². The molecule has 5 rings (SSSR count). The molecule has 0 aromatic heterocycles. The van der Waals surface area contributed by atoms with Crippen LogP contribution in [0.25, 0.3) is 0 Å². The largest absolute Gasteiger partial charge is 0.394 e. The van der Waals surface area contributed by atoms with Crippen LogP contribution in [0.2, 0.25) is 0 Å². The van der Waals surface area contributed by atoms with Crippen LogP contribution in [0.4, 0.5) is 0 Å². The monoisotopic (exact) mass is 479 g/mol. The summed E-state index contributed by atoms with van der Waals surface area (Å²) >= 11 is 0.